The van der Waals surface area contributed by atoms with E-state index in [0.717, 1.165) is 23.6 Å². The lowest BCUT2D eigenvalue weighted by molar-refractivity contribution is 0.311. The molecule has 0 fully saturated rings. The standard InChI is InChI=1S/C21H26N6O2/c1-4-22-21(26-17-7-8-18(28-3)19(14-17)29-5-2)24-15-16-9-11-23-20(13-16)27-12-6-10-25-27/h6-14H,4-5,15H2,1-3H3,(H2,22,24,26). The molecule has 8 heteroatoms. The maximum absolute atomic E-state index is 5.65. The van der Waals surface area contributed by atoms with Gasteiger partial charge in [0.15, 0.2) is 23.3 Å². The van der Waals surface area contributed by atoms with Crippen LogP contribution in [0.1, 0.15) is 19.4 Å². The third-order valence-corrected chi connectivity index (χ3v) is 4.04. The van der Waals surface area contributed by atoms with Crippen molar-refractivity contribution in [2.24, 2.45) is 4.99 Å². The SMILES string of the molecule is CCNC(=NCc1ccnc(-n2cccn2)c1)Nc1ccc(OC)c(OCC)c1. The summed E-state index contributed by atoms with van der Waals surface area (Å²) in [7, 11) is 1.63. The molecule has 3 rings (SSSR count). The number of aliphatic imine (C=N–C) groups is 1. The van der Waals surface area contributed by atoms with Crippen LogP contribution < -0.4 is 20.1 Å². The molecule has 0 spiro atoms. The molecule has 0 radical (unpaired) electrons. The van der Waals surface area contributed by atoms with Crippen molar-refractivity contribution in [1.29, 1.82) is 0 Å². The van der Waals surface area contributed by atoms with Crippen molar-refractivity contribution < 1.29 is 9.47 Å². The van der Waals surface area contributed by atoms with E-state index in [4.69, 9.17) is 9.47 Å². The fourth-order valence-corrected chi connectivity index (χ4v) is 2.73. The molecule has 29 heavy (non-hydrogen) atoms. The van der Waals surface area contributed by atoms with Crippen molar-refractivity contribution in [2.75, 3.05) is 25.6 Å². The average molecular weight is 394 g/mol. The molecular formula is C21H26N6O2. The number of ether oxygens (including phenoxy) is 2. The van der Waals surface area contributed by atoms with Gasteiger partial charge in [0.25, 0.3) is 0 Å². The van der Waals surface area contributed by atoms with Crippen LogP contribution in [0.15, 0.2) is 60.0 Å². The first kappa shape index (κ1) is 20.2. The van der Waals surface area contributed by atoms with Crippen LogP contribution in [-0.4, -0.2) is 41.0 Å². The Balaban J connectivity index is 1.75. The van der Waals surface area contributed by atoms with E-state index in [0.29, 0.717) is 30.6 Å². The van der Waals surface area contributed by atoms with Gasteiger partial charge < -0.3 is 20.1 Å². The summed E-state index contributed by atoms with van der Waals surface area (Å²) in [5.74, 6) is 2.82. The maximum Gasteiger partial charge on any atom is 0.196 e. The fourth-order valence-electron chi connectivity index (χ4n) is 2.73. The van der Waals surface area contributed by atoms with Gasteiger partial charge in [-0.05, 0) is 49.7 Å². The largest absolute Gasteiger partial charge is 0.493 e. The number of nitrogens with zero attached hydrogens (tertiary/aromatic N) is 4. The summed E-state index contributed by atoms with van der Waals surface area (Å²) in [5.41, 5.74) is 1.90. The van der Waals surface area contributed by atoms with E-state index in [1.165, 1.54) is 0 Å². The number of benzene rings is 1. The lowest BCUT2D eigenvalue weighted by atomic mass is 10.2. The Morgan fingerprint density at radius 1 is 1.14 bits per heavy atom. The molecule has 0 unspecified atom stereocenters. The Bertz CT molecular complexity index is 940. The molecule has 1 aromatic carbocycles. The van der Waals surface area contributed by atoms with E-state index in [2.05, 4.69) is 25.7 Å². The summed E-state index contributed by atoms with van der Waals surface area (Å²) in [4.78, 5) is 9.04. The number of aromatic nitrogens is 3. The second kappa shape index (κ2) is 10.1. The third-order valence-electron chi connectivity index (χ3n) is 4.04. The summed E-state index contributed by atoms with van der Waals surface area (Å²) in [6.07, 6.45) is 5.35. The van der Waals surface area contributed by atoms with Gasteiger partial charge in [-0.3, -0.25) is 0 Å². The zero-order chi connectivity index (χ0) is 20.5. The van der Waals surface area contributed by atoms with E-state index in [1.807, 2.05) is 56.4 Å². The first-order valence-electron chi connectivity index (χ1n) is 9.54. The predicted octanol–water partition coefficient (Wildman–Crippen LogP) is 3.25. The molecule has 2 aromatic heterocycles. The molecule has 8 nitrogen and oxygen atoms in total. The number of hydrogen-bond donors (Lipinski definition) is 2. The second-order valence-corrected chi connectivity index (χ2v) is 6.09. The summed E-state index contributed by atoms with van der Waals surface area (Å²) < 4.78 is 12.7. The molecule has 0 atom stereocenters. The Kier molecular flexibility index (Phi) is 7.05. The van der Waals surface area contributed by atoms with E-state index >= 15 is 0 Å². The molecule has 0 saturated heterocycles. The van der Waals surface area contributed by atoms with Crippen LogP contribution in [0, 0.1) is 0 Å². The maximum atomic E-state index is 5.65. The van der Waals surface area contributed by atoms with Gasteiger partial charge in [-0.25, -0.2) is 14.7 Å². The molecule has 0 bridgehead atoms. The normalized spacial score (nSPS) is 11.2. The molecule has 0 amide bonds. The average Bonchev–Trinajstić information content (AvgIpc) is 3.28. The molecular weight excluding hydrogens is 368 g/mol. The fraction of sp³-hybridized carbons (Fsp3) is 0.286. The molecule has 0 saturated carbocycles. The van der Waals surface area contributed by atoms with Gasteiger partial charge >= 0.3 is 0 Å². The van der Waals surface area contributed by atoms with Gasteiger partial charge in [0.1, 0.15) is 0 Å². The van der Waals surface area contributed by atoms with Crippen LogP contribution in [0.3, 0.4) is 0 Å². The van der Waals surface area contributed by atoms with Crippen molar-refractivity contribution >= 4 is 11.6 Å². The summed E-state index contributed by atoms with van der Waals surface area (Å²) >= 11 is 0. The summed E-state index contributed by atoms with van der Waals surface area (Å²) in [6, 6.07) is 11.5. The van der Waals surface area contributed by atoms with Gasteiger partial charge in [0.2, 0.25) is 0 Å². The van der Waals surface area contributed by atoms with Crippen LogP contribution >= 0.6 is 0 Å². The number of nitrogens with one attached hydrogen (secondary N) is 2. The van der Waals surface area contributed by atoms with Crippen LogP contribution in [0.2, 0.25) is 0 Å². The number of rotatable bonds is 8. The number of hydrogen-bond acceptors (Lipinski definition) is 5. The van der Waals surface area contributed by atoms with Crippen molar-refractivity contribution in [3.63, 3.8) is 0 Å². The highest BCUT2D eigenvalue weighted by Gasteiger charge is 2.07. The Morgan fingerprint density at radius 3 is 2.76 bits per heavy atom. The van der Waals surface area contributed by atoms with Gasteiger partial charge in [0.05, 0.1) is 20.3 Å². The monoisotopic (exact) mass is 394 g/mol. The number of pyridine rings is 1. The van der Waals surface area contributed by atoms with Crippen molar-refractivity contribution in [3.8, 4) is 17.3 Å². The van der Waals surface area contributed by atoms with Gasteiger partial charge in [0, 0.05) is 36.9 Å². The van der Waals surface area contributed by atoms with Crippen molar-refractivity contribution in [1.82, 2.24) is 20.1 Å². The Labute approximate surface area is 170 Å². The molecule has 2 N–H and O–H groups in total. The van der Waals surface area contributed by atoms with Gasteiger partial charge in [-0.1, -0.05) is 0 Å². The van der Waals surface area contributed by atoms with Crippen LogP contribution in [0.5, 0.6) is 11.5 Å². The van der Waals surface area contributed by atoms with E-state index < -0.39 is 0 Å². The summed E-state index contributed by atoms with van der Waals surface area (Å²) in [6.45, 7) is 5.78. The topological polar surface area (TPSA) is 85.6 Å². The van der Waals surface area contributed by atoms with Crippen molar-refractivity contribution in [3.05, 3.63) is 60.6 Å². The lowest BCUT2D eigenvalue weighted by Crippen LogP contribution is -2.30. The third kappa shape index (κ3) is 5.47. The van der Waals surface area contributed by atoms with E-state index in [-0.39, 0.29) is 0 Å². The molecule has 152 valence electrons. The lowest BCUT2D eigenvalue weighted by Gasteiger charge is -2.14. The molecule has 0 aliphatic heterocycles. The number of methoxy groups -OCH3 is 1. The molecule has 0 aliphatic rings. The predicted molar refractivity (Wildman–Crippen MR) is 114 cm³/mol. The second-order valence-electron chi connectivity index (χ2n) is 6.09. The zero-order valence-electron chi connectivity index (χ0n) is 16.9. The van der Waals surface area contributed by atoms with Crippen LogP contribution in [0.25, 0.3) is 5.82 Å². The van der Waals surface area contributed by atoms with Gasteiger partial charge in [-0.2, -0.15) is 5.10 Å². The zero-order valence-corrected chi connectivity index (χ0v) is 16.9. The minimum atomic E-state index is 0.501. The van der Waals surface area contributed by atoms with Crippen LogP contribution in [-0.2, 0) is 6.54 Å². The Morgan fingerprint density at radius 2 is 2.03 bits per heavy atom. The highest BCUT2D eigenvalue weighted by molar-refractivity contribution is 5.93. The first-order valence-corrected chi connectivity index (χ1v) is 9.54. The van der Waals surface area contributed by atoms with E-state index in [9.17, 15) is 0 Å². The first-order chi connectivity index (χ1) is 14.2. The van der Waals surface area contributed by atoms with Crippen LogP contribution in [0.4, 0.5) is 5.69 Å². The molecule has 2 heterocycles. The van der Waals surface area contributed by atoms with Gasteiger partial charge in [-0.15, -0.1) is 0 Å². The molecule has 3 aromatic rings. The highest BCUT2D eigenvalue weighted by Crippen LogP contribution is 2.30. The molecule has 0 aliphatic carbocycles. The minimum absolute atomic E-state index is 0.501. The van der Waals surface area contributed by atoms with E-state index in [1.54, 1.807) is 24.2 Å². The number of guanidine groups is 1. The van der Waals surface area contributed by atoms with Crippen molar-refractivity contribution in [2.45, 2.75) is 20.4 Å². The Hall–Kier alpha value is -3.55. The minimum Gasteiger partial charge on any atom is -0.493 e. The smallest absolute Gasteiger partial charge is 0.196 e. The quantitative estimate of drug-likeness (QED) is 0.451. The summed E-state index contributed by atoms with van der Waals surface area (Å²) in [5, 5.41) is 10.8. The highest BCUT2D eigenvalue weighted by atomic mass is 16.5. The number of anilines is 1.